The van der Waals surface area contributed by atoms with Crippen LogP contribution in [0, 0.1) is 5.82 Å². The molecule has 0 aliphatic carbocycles. The molecule has 1 spiro atoms. The topological polar surface area (TPSA) is 45.2 Å². The average Bonchev–Trinajstić information content (AvgIpc) is 2.96. The van der Waals surface area contributed by atoms with E-state index in [-0.39, 0.29) is 29.5 Å². The zero-order chi connectivity index (χ0) is 15.9. The molecule has 4 rings (SSSR count). The van der Waals surface area contributed by atoms with E-state index in [0.29, 0.717) is 24.3 Å². The van der Waals surface area contributed by atoms with Crippen LogP contribution in [0.3, 0.4) is 0 Å². The Kier molecular flexibility index (Phi) is 4.45. The number of aromatic nitrogens is 1. The molecule has 1 aromatic carbocycles. The van der Waals surface area contributed by atoms with Crippen molar-refractivity contribution in [1.29, 1.82) is 0 Å². The van der Waals surface area contributed by atoms with E-state index in [1.165, 1.54) is 6.07 Å². The number of nitrogens with one attached hydrogen (secondary N) is 1. The van der Waals surface area contributed by atoms with E-state index in [1.54, 1.807) is 30.6 Å². The molecule has 2 aliphatic heterocycles. The Morgan fingerprint density at radius 3 is 2.71 bits per heavy atom. The van der Waals surface area contributed by atoms with Gasteiger partial charge in [-0.25, -0.2) is 4.39 Å². The second-order valence-electron chi connectivity index (χ2n) is 6.33. The highest BCUT2D eigenvalue weighted by Crippen LogP contribution is 2.44. The van der Waals surface area contributed by atoms with Crippen molar-refractivity contribution in [3.63, 3.8) is 0 Å². The van der Waals surface area contributed by atoms with Gasteiger partial charge in [0.25, 0.3) is 5.91 Å². The van der Waals surface area contributed by atoms with Crippen LogP contribution in [0.4, 0.5) is 10.1 Å². The van der Waals surface area contributed by atoms with Crippen LogP contribution >= 0.6 is 12.4 Å². The minimum atomic E-state index is -0.187. The molecule has 0 atom stereocenters. The minimum absolute atomic E-state index is 0. The van der Waals surface area contributed by atoms with Crippen molar-refractivity contribution in [2.45, 2.75) is 18.3 Å². The molecule has 0 radical (unpaired) electrons. The number of rotatable bonds is 1. The number of carbonyl (C=O) groups excluding carboxylic acids is 1. The Labute approximate surface area is 146 Å². The zero-order valence-electron chi connectivity index (χ0n) is 13.2. The maximum absolute atomic E-state index is 13.9. The molecule has 1 fully saturated rings. The molecule has 1 saturated heterocycles. The first-order chi connectivity index (χ1) is 11.2. The Morgan fingerprint density at radius 1 is 1.21 bits per heavy atom. The molecular formula is C18H19ClFN3O. The number of pyridine rings is 1. The summed E-state index contributed by atoms with van der Waals surface area (Å²) >= 11 is 0. The van der Waals surface area contributed by atoms with Crippen molar-refractivity contribution in [3.8, 4) is 0 Å². The van der Waals surface area contributed by atoms with E-state index in [4.69, 9.17) is 0 Å². The molecule has 6 heteroatoms. The molecule has 24 heavy (non-hydrogen) atoms. The summed E-state index contributed by atoms with van der Waals surface area (Å²) in [7, 11) is 0. The third kappa shape index (κ3) is 2.63. The highest BCUT2D eigenvalue weighted by Gasteiger charge is 2.43. The maximum Gasteiger partial charge on any atom is 0.255 e. The van der Waals surface area contributed by atoms with Gasteiger partial charge >= 0.3 is 0 Å². The number of amides is 1. The van der Waals surface area contributed by atoms with E-state index in [1.807, 2.05) is 11.0 Å². The summed E-state index contributed by atoms with van der Waals surface area (Å²) in [6.07, 6.45) is 4.97. The normalized spacial score (nSPS) is 17.8. The van der Waals surface area contributed by atoms with Crippen molar-refractivity contribution < 1.29 is 9.18 Å². The van der Waals surface area contributed by atoms with Crippen LogP contribution in [0.1, 0.15) is 28.8 Å². The number of hydrogen-bond donors (Lipinski definition) is 1. The number of piperidine rings is 1. The van der Waals surface area contributed by atoms with Gasteiger partial charge < -0.3 is 10.2 Å². The number of anilines is 1. The average molecular weight is 348 g/mol. The predicted octanol–water partition coefficient (Wildman–Crippen LogP) is 3.24. The highest BCUT2D eigenvalue weighted by atomic mass is 35.5. The smallest absolute Gasteiger partial charge is 0.255 e. The summed E-state index contributed by atoms with van der Waals surface area (Å²) in [5, 5.41) is 3.22. The lowest BCUT2D eigenvalue weighted by Crippen LogP contribution is -2.46. The van der Waals surface area contributed by atoms with Gasteiger partial charge in [0.05, 0.1) is 11.3 Å². The summed E-state index contributed by atoms with van der Waals surface area (Å²) < 4.78 is 13.9. The monoisotopic (exact) mass is 347 g/mol. The van der Waals surface area contributed by atoms with Crippen molar-refractivity contribution in [1.82, 2.24) is 9.88 Å². The lowest BCUT2D eigenvalue weighted by Gasteiger charge is -2.39. The van der Waals surface area contributed by atoms with Gasteiger partial charge in [0.2, 0.25) is 0 Å². The van der Waals surface area contributed by atoms with Crippen molar-refractivity contribution in [2.24, 2.45) is 0 Å². The van der Waals surface area contributed by atoms with Crippen LogP contribution < -0.4 is 5.32 Å². The fourth-order valence-electron chi connectivity index (χ4n) is 3.75. The summed E-state index contributed by atoms with van der Waals surface area (Å²) in [5.41, 5.74) is 2.27. The van der Waals surface area contributed by atoms with Crippen molar-refractivity contribution >= 4 is 24.0 Å². The first-order valence-corrected chi connectivity index (χ1v) is 7.92. The molecule has 4 nitrogen and oxygen atoms in total. The number of fused-ring (bicyclic) bond motifs is 2. The number of nitrogens with zero attached hydrogens (tertiary/aromatic N) is 2. The van der Waals surface area contributed by atoms with E-state index in [2.05, 4.69) is 10.3 Å². The van der Waals surface area contributed by atoms with E-state index in [0.717, 1.165) is 24.9 Å². The molecule has 126 valence electrons. The van der Waals surface area contributed by atoms with Gasteiger partial charge in [-0.2, -0.15) is 0 Å². The van der Waals surface area contributed by atoms with Gasteiger partial charge in [-0.3, -0.25) is 9.78 Å². The molecule has 1 N–H and O–H groups in total. The van der Waals surface area contributed by atoms with Gasteiger partial charge in [-0.15, -0.1) is 12.4 Å². The van der Waals surface area contributed by atoms with E-state index >= 15 is 0 Å². The number of halogens is 2. The molecular weight excluding hydrogens is 329 g/mol. The molecule has 2 aliphatic rings. The number of para-hydroxylation sites is 1. The standard InChI is InChI=1S/C18H18FN3O.ClH/c19-15-5-1-4-14-16(15)21-12-18(14)6-9-22(10-7-18)17(23)13-3-2-8-20-11-13;/h1-5,8,11,21H,6-7,9-10,12H2;1H. The second-order valence-corrected chi connectivity index (χ2v) is 6.33. The lowest BCUT2D eigenvalue weighted by molar-refractivity contribution is 0.0676. The lowest BCUT2D eigenvalue weighted by atomic mass is 9.74. The predicted molar refractivity (Wildman–Crippen MR) is 93.2 cm³/mol. The van der Waals surface area contributed by atoms with Gasteiger partial charge in [0.1, 0.15) is 5.82 Å². The fraction of sp³-hybridized carbons (Fsp3) is 0.333. The number of hydrogen-bond acceptors (Lipinski definition) is 3. The maximum atomic E-state index is 13.9. The van der Waals surface area contributed by atoms with Crippen LogP contribution in [0.2, 0.25) is 0 Å². The fourth-order valence-corrected chi connectivity index (χ4v) is 3.75. The Balaban J connectivity index is 0.00000169. The van der Waals surface area contributed by atoms with Crippen LogP contribution in [0.25, 0.3) is 0 Å². The number of benzene rings is 1. The summed E-state index contributed by atoms with van der Waals surface area (Å²) in [6, 6.07) is 8.85. The van der Waals surface area contributed by atoms with Crippen LogP contribution in [-0.2, 0) is 5.41 Å². The van der Waals surface area contributed by atoms with Crippen LogP contribution in [-0.4, -0.2) is 35.4 Å². The Morgan fingerprint density at radius 2 is 2.00 bits per heavy atom. The molecule has 3 heterocycles. The van der Waals surface area contributed by atoms with Gasteiger partial charge in [-0.05, 0) is 36.6 Å². The zero-order valence-corrected chi connectivity index (χ0v) is 14.0. The summed E-state index contributed by atoms with van der Waals surface area (Å²) in [6.45, 7) is 2.12. The first-order valence-electron chi connectivity index (χ1n) is 7.92. The highest BCUT2D eigenvalue weighted by molar-refractivity contribution is 5.94. The minimum Gasteiger partial charge on any atom is -0.382 e. The Hall–Kier alpha value is -2.14. The third-order valence-electron chi connectivity index (χ3n) is 5.10. The van der Waals surface area contributed by atoms with Crippen LogP contribution in [0.5, 0.6) is 0 Å². The molecule has 1 aromatic heterocycles. The quantitative estimate of drug-likeness (QED) is 0.861. The van der Waals surface area contributed by atoms with Crippen molar-refractivity contribution in [2.75, 3.05) is 25.0 Å². The van der Waals surface area contributed by atoms with Gasteiger partial charge in [0.15, 0.2) is 0 Å². The van der Waals surface area contributed by atoms with Crippen molar-refractivity contribution in [3.05, 3.63) is 59.7 Å². The SMILES string of the molecule is Cl.O=C(c1cccnc1)N1CCC2(CC1)CNc1c(F)cccc12. The third-order valence-corrected chi connectivity index (χ3v) is 5.10. The number of carbonyl (C=O) groups is 1. The van der Waals surface area contributed by atoms with E-state index in [9.17, 15) is 9.18 Å². The second kappa shape index (κ2) is 6.40. The molecule has 0 unspecified atom stereocenters. The summed E-state index contributed by atoms with van der Waals surface area (Å²) in [5.74, 6) is -0.161. The Bertz CT molecular complexity index is 745. The molecule has 1 amide bonds. The molecule has 2 aromatic rings. The van der Waals surface area contributed by atoms with E-state index < -0.39 is 0 Å². The van der Waals surface area contributed by atoms with Crippen LogP contribution in [0.15, 0.2) is 42.7 Å². The van der Waals surface area contributed by atoms with Gasteiger partial charge in [-0.1, -0.05) is 12.1 Å². The first kappa shape index (κ1) is 16.7. The van der Waals surface area contributed by atoms with Gasteiger partial charge in [0, 0.05) is 37.4 Å². The molecule has 0 bridgehead atoms. The molecule has 0 saturated carbocycles. The summed E-state index contributed by atoms with van der Waals surface area (Å²) in [4.78, 5) is 18.4. The number of likely N-dealkylation sites (tertiary alicyclic amines) is 1. The largest absolute Gasteiger partial charge is 0.382 e.